The fourth-order valence-corrected chi connectivity index (χ4v) is 5.12. The Bertz CT molecular complexity index is 952. The van der Waals surface area contributed by atoms with E-state index >= 15 is 0 Å². The Hall–Kier alpha value is -2.51. The highest BCUT2D eigenvalue weighted by atomic mass is 16.5. The van der Waals surface area contributed by atoms with Crippen LogP contribution in [0.1, 0.15) is 41.2 Å². The second kappa shape index (κ2) is 7.72. The van der Waals surface area contributed by atoms with Crippen molar-refractivity contribution in [2.24, 2.45) is 5.92 Å². The third-order valence-corrected chi connectivity index (χ3v) is 6.53. The van der Waals surface area contributed by atoms with Crippen LogP contribution in [0.3, 0.4) is 0 Å². The second-order valence-corrected chi connectivity index (χ2v) is 8.37. The molecule has 0 unspecified atom stereocenters. The van der Waals surface area contributed by atoms with E-state index in [1.54, 1.807) is 30.6 Å². The zero-order valence-electron chi connectivity index (χ0n) is 16.4. The number of rotatable bonds is 3. The van der Waals surface area contributed by atoms with Gasteiger partial charge in [0.25, 0.3) is 11.5 Å². The van der Waals surface area contributed by atoms with Crippen LogP contribution in [0.25, 0.3) is 0 Å². The van der Waals surface area contributed by atoms with E-state index in [1.807, 2.05) is 10.6 Å². The third-order valence-electron chi connectivity index (χ3n) is 6.53. The highest BCUT2D eigenvalue weighted by molar-refractivity contribution is 6.04. The number of nitrogens with one attached hydrogen (secondary N) is 1. The lowest BCUT2D eigenvalue weighted by molar-refractivity contribution is 0.00589. The molecule has 2 aromatic heterocycles. The van der Waals surface area contributed by atoms with Crippen LogP contribution in [0, 0.1) is 5.92 Å². The van der Waals surface area contributed by atoms with Crippen LogP contribution in [-0.2, 0) is 11.3 Å². The van der Waals surface area contributed by atoms with Crippen molar-refractivity contribution in [2.45, 2.75) is 37.8 Å². The lowest BCUT2D eigenvalue weighted by atomic mass is 9.82. The predicted octanol–water partition coefficient (Wildman–Crippen LogP) is 2.09. The molecule has 1 amide bonds. The molecule has 2 atom stereocenters. The van der Waals surface area contributed by atoms with E-state index in [4.69, 9.17) is 4.74 Å². The number of likely N-dealkylation sites (tertiary alicyclic amines) is 1. The number of anilines is 1. The SMILES string of the molecule is O=C(Nc1ccc2n(c1=O)C[C@@H]1C[C@@H]2CN(C2CCOCC2)C1)c1ccncc1. The summed E-state index contributed by atoms with van der Waals surface area (Å²) in [7, 11) is 0. The number of ether oxygens (including phenoxy) is 1. The molecule has 0 radical (unpaired) electrons. The first kappa shape index (κ1) is 18.5. The first-order valence-electron chi connectivity index (χ1n) is 10.5. The zero-order chi connectivity index (χ0) is 19.8. The molecular formula is C22H26N4O3. The Morgan fingerprint density at radius 3 is 2.66 bits per heavy atom. The van der Waals surface area contributed by atoms with Gasteiger partial charge in [0.15, 0.2) is 0 Å². The number of pyridine rings is 2. The smallest absolute Gasteiger partial charge is 0.274 e. The van der Waals surface area contributed by atoms with Gasteiger partial charge < -0.3 is 14.6 Å². The Morgan fingerprint density at radius 1 is 1.07 bits per heavy atom. The average Bonchev–Trinajstić information content (AvgIpc) is 2.77. The van der Waals surface area contributed by atoms with E-state index in [9.17, 15) is 9.59 Å². The minimum atomic E-state index is -0.285. The quantitative estimate of drug-likeness (QED) is 0.863. The molecule has 5 rings (SSSR count). The number of piperidine rings is 1. The first-order valence-corrected chi connectivity index (χ1v) is 10.5. The van der Waals surface area contributed by atoms with Crippen molar-refractivity contribution >= 4 is 11.6 Å². The summed E-state index contributed by atoms with van der Waals surface area (Å²) in [5, 5.41) is 2.78. The summed E-state index contributed by atoms with van der Waals surface area (Å²) in [5.41, 5.74) is 1.84. The standard InChI is InChI=1S/C22H26N4O3/c27-21(16-3-7-23-8-4-16)24-19-1-2-20-17-11-15(13-26(20)22(19)28)12-25(14-17)18-5-9-29-10-6-18/h1-4,7-8,15,17-18H,5-6,9-14H2,(H,24,27)/t15-,17-/m1/s1. The van der Waals surface area contributed by atoms with Gasteiger partial charge in [0, 0.05) is 68.5 Å². The van der Waals surface area contributed by atoms with E-state index in [1.165, 1.54) is 0 Å². The predicted molar refractivity (Wildman–Crippen MR) is 109 cm³/mol. The molecule has 7 nitrogen and oxygen atoms in total. The number of hydrogen-bond donors (Lipinski definition) is 1. The number of amides is 1. The number of carbonyl (C=O) groups excluding carboxylic acids is 1. The Balaban J connectivity index is 1.37. The second-order valence-electron chi connectivity index (χ2n) is 8.37. The molecule has 2 aromatic rings. The van der Waals surface area contributed by atoms with Gasteiger partial charge in [-0.2, -0.15) is 0 Å². The zero-order valence-corrected chi connectivity index (χ0v) is 16.4. The van der Waals surface area contributed by atoms with Crippen LogP contribution in [0.4, 0.5) is 5.69 Å². The number of nitrogens with zero attached hydrogens (tertiary/aromatic N) is 3. The summed E-state index contributed by atoms with van der Waals surface area (Å²) in [6.45, 7) is 4.48. The van der Waals surface area contributed by atoms with Crippen molar-refractivity contribution in [3.8, 4) is 0 Å². The molecule has 0 saturated carbocycles. The van der Waals surface area contributed by atoms with Crippen molar-refractivity contribution in [3.63, 3.8) is 0 Å². The number of hydrogen-bond acceptors (Lipinski definition) is 5. The number of carbonyl (C=O) groups is 1. The maximum Gasteiger partial charge on any atom is 0.274 e. The summed E-state index contributed by atoms with van der Waals surface area (Å²) in [4.78, 5) is 32.1. The summed E-state index contributed by atoms with van der Waals surface area (Å²) in [6, 6.07) is 7.67. The third kappa shape index (κ3) is 3.60. The average molecular weight is 394 g/mol. The number of fused-ring (bicyclic) bond motifs is 4. The maximum atomic E-state index is 13.1. The van der Waals surface area contributed by atoms with E-state index < -0.39 is 0 Å². The molecular weight excluding hydrogens is 368 g/mol. The Kier molecular flexibility index (Phi) is 4.93. The topological polar surface area (TPSA) is 76.5 Å². The van der Waals surface area contributed by atoms with Crippen molar-refractivity contribution in [3.05, 3.63) is 58.3 Å². The normalized spacial score (nSPS) is 24.7. The van der Waals surface area contributed by atoms with Gasteiger partial charge in [-0.15, -0.1) is 0 Å². The van der Waals surface area contributed by atoms with Gasteiger partial charge in [0.05, 0.1) is 0 Å². The lowest BCUT2D eigenvalue weighted by Crippen LogP contribution is -2.51. The van der Waals surface area contributed by atoms with Crippen LogP contribution in [0.2, 0.25) is 0 Å². The van der Waals surface area contributed by atoms with Crippen molar-refractivity contribution in [1.82, 2.24) is 14.5 Å². The van der Waals surface area contributed by atoms with Crippen LogP contribution < -0.4 is 10.9 Å². The molecule has 5 heterocycles. The molecule has 7 heteroatoms. The first-order chi connectivity index (χ1) is 14.2. The highest BCUT2D eigenvalue weighted by Gasteiger charge is 2.37. The molecule has 29 heavy (non-hydrogen) atoms. The molecule has 1 N–H and O–H groups in total. The van der Waals surface area contributed by atoms with Gasteiger partial charge in [0.1, 0.15) is 5.69 Å². The lowest BCUT2D eigenvalue weighted by Gasteiger charge is -2.46. The Labute approximate surface area is 169 Å². The van der Waals surface area contributed by atoms with Crippen LogP contribution >= 0.6 is 0 Å². The minimum absolute atomic E-state index is 0.0980. The van der Waals surface area contributed by atoms with Gasteiger partial charge >= 0.3 is 0 Å². The van der Waals surface area contributed by atoms with Gasteiger partial charge in [-0.1, -0.05) is 0 Å². The molecule has 0 aliphatic carbocycles. The largest absolute Gasteiger partial charge is 0.381 e. The molecule has 2 fully saturated rings. The van der Waals surface area contributed by atoms with Crippen LogP contribution in [0.5, 0.6) is 0 Å². The van der Waals surface area contributed by atoms with E-state index in [0.717, 1.165) is 57.8 Å². The molecule has 152 valence electrons. The molecule has 0 spiro atoms. The Morgan fingerprint density at radius 2 is 1.86 bits per heavy atom. The monoisotopic (exact) mass is 394 g/mol. The van der Waals surface area contributed by atoms with Crippen molar-refractivity contribution < 1.29 is 9.53 Å². The summed E-state index contributed by atoms with van der Waals surface area (Å²) < 4.78 is 7.41. The summed E-state index contributed by atoms with van der Waals surface area (Å²) in [5.74, 6) is 0.572. The van der Waals surface area contributed by atoms with Crippen molar-refractivity contribution in [2.75, 3.05) is 31.6 Å². The van der Waals surface area contributed by atoms with Gasteiger partial charge in [-0.05, 0) is 49.4 Å². The van der Waals surface area contributed by atoms with E-state index in [0.29, 0.717) is 29.1 Å². The highest BCUT2D eigenvalue weighted by Crippen LogP contribution is 2.37. The van der Waals surface area contributed by atoms with Crippen molar-refractivity contribution in [1.29, 1.82) is 0 Å². The summed E-state index contributed by atoms with van der Waals surface area (Å²) >= 11 is 0. The van der Waals surface area contributed by atoms with E-state index in [-0.39, 0.29) is 11.5 Å². The molecule has 0 aromatic carbocycles. The van der Waals surface area contributed by atoms with Gasteiger partial charge in [0.2, 0.25) is 0 Å². The molecule has 3 aliphatic heterocycles. The fourth-order valence-electron chi connectivity index (χ4n) is 5.12. The van der Waals surface area contributed by atoms with Crippen LogP contribution in [0.15, 0.2) is 41.5 Å². The van der Waals surface area contributed by atoms with E-state index in [2.05, 4.69) is 15.2 Å². The maximum absolute atomic E-state index is 13.1. The molecule has 2 bridgehead atoms. The minimum Gasteiger partial charge on any atom is -0.381 e. The van der Waals surface area contributed by atoms with Gasteiger partial charge in [-0.25, -0.2) is 0 Å². The number of aromatic nitrogens is 2. The summed E-state index contributed by atoms with van der Waals surface area (Å²) in [6.07, 6.45) is 6.49. The fraction of sp³-hybridized carbons (Fsp3) is 0.500. The van der Waals surface area contributed by atoms with Gasteiger partial charge in [-0.3, -0.25) is 19.5 Å². The molecule has 3 aliphatic rings. The van der Waals surface area contributed by atoms with Crippen LogP contribution in [-0.4, -0.2) is 52.7 Å². The molecule has 2 saturated heterocycles.